The highest BCUT2D eigenvalue weighted by molar-refractivity contribution is 5.44. The van der Waals surface area contributed by atoms with Crippen molar-refractivity contribution in [1.29, 1.82) is 0 Å². The summed E-state index contributed by atoms with van der Waals surface area (Å²) in [6.45, 7) is 11.6. The van der Waals surface area contributed by atoms with Crippen molar-refractivity contribution in [2.45, 2.75) is 46.6 Å². The fraction of sp³-hybridized carbons (Fsp3) is 0.667. The van der Waals surface area contributed by atoms with Crippen molar-refractivity contribution >= 4 is 0 Å². The molecule has 1 unspecified atom stereocenters. The van der Waals surface area contributed by atoms with Crippen LogP contribution >= 0.6 is 0 Å². The number of nitrogens with zero attached hydrogens (tertiary/aromatic N) is 1. The van der Waals surface area contributed by atoms with E-state index in [-0.39, 0.29) is 0 Å². The Morgan fingerprint density at radius 2 is 1.90 bits per heavy atom. The highest BCUT2D eigenvalue weighted by atomic mass is 16.5. The summed E-state index contributed by atoms with van der Waals surface area (Å²) in [6.07, 6.45) is 2.28. The van der Waals surface area contributed by atoms with Gasteiger partial charge in [0.05, 0.1) is 0 Å². The topological polar surface area (TPSA) is 32.7 Å². The van der Waals surface area contributed by atoms with E-state index in [1.807, 2.05) is 0 Å². The van der Waals surface area contributed by atoms with Crippen LogP contribution in [0.4, 0.5) is 0 Å². The molecule has 2 rings (SSSR count). The third kappa shape index (κ3) is 4.72. The molecule has 0 spiro atoms. The van der Waals surface area contributed by atoms with Gasteiger partial charge in [0.2, 0.25) is 0 Å². The fourth-order valence-corrected chi connectivity index (χ4v) is 2.68. The maximum absolute atomic E-state index is 10.2. The Hall–Kier alpha value is -1.06. The lowest BCUT2D eigenvalue weighted by atomic mass is 10.1. The Balaban J connectivity index is 1.85. The average molecular weight is 291 g/mol. The minimum Gasteiger partial charge on any atom is -0.490 e. The van der Waals surface area contributed by atoms with Crippen molar-refractivity contribution in [3.05, 3.63) is 28.8 Å². The van der Waals surface area contributed by atoms with Crippen LogP contribution < -0.4 is 4.74 Å². The van der Waals surface area contributed by atoms with Gasteiger partial charge in [-0.05, 0) is 62.8 Å². The van der Waals surface area contributed by atoms with Crippen LogP contribution in [0.25, 0.3) is 0 Å². The van der Waals surface area contributed by atoms with Crippen molar-refractivity contribution in [2.24, 2.45) is 5.92 Å². The molecular formula is C18H29NO2. The first-order valence-electron chi connectivity index (χ1n) is 8.11. The minimum atomic E-state index is -0.428. The van der Waals surface area contributed by atoms with Gasteiger partial charge in [-0.1, -0.05) is 19.1 Å². The van der Waals surface area contributed by atoms with Crippen LogP contribution in [0.15, 0.2) is 12.1 Å². The molecule has 0 amide bonds. The zero-order chi connectivity index (χ0) is 15.4. The van der Waals surface area contributed by atoms with Crippen LogP contribution in [0, 0.1) is 26.7 Å². The first-order valence-corrected chi connectivity index (χ1v) is 8.11. The SMILES string of the molecule is CCN(CC(O)COc1c(C)ccc(C)c1C)CC1CC1. The molecule has 1 N–H and O–H groups in total. The van der Waals surface area contributed by atoms with Gasteiger partial charge in [-0.3, -0.25) is 0 Å². The molecule has 0 bridgehead atoms. The van der Waals surface area contributed by atoms with Crippen LogP contribution in [0.5, 0.6) is 5.75 Å². The van der Waals surface area contributed by atoms with Gasteiger partial charge in [0, 0.05) is 13.1 Å². The number of rotatable bonds is 8. The predicted octanol–water partition coefficient (Wildman–Crippen LogP) is 3.08. The summed E-state index contributed by atoms with van der Waals surface area (Å²) in [5.41, 5.74) is 3.54. The van der Waals surface area contributed by atoms with Gasteiger partial charge < -0.3 is 14.7 Å². The standard InChI is InChI=1S/C18H29NO2/c1-5-19(10-16-8-9-16)11-17(20)12-21-18-14(3)7-6-13(2)15(18)4/h6-7,16-17,20H,5,8-12H2,1-4H3. The van der Waals surface area contributed by atoms with Gasteiger partial charge in [-0.25, -0.2) is 0 Å². The van der Waals surface area contributed by atoms with E-state index in [4.69, 9.17) is 4.74 Å². The molecule has 1 atom stereocenters. The molecule has 1 aromatic rings. The van der Waals surface area contributed by atoms with Gasteiger partial charge in [-0.15, -0.1) is 0 Å². The zero-order valence-electron chi connectivity index (χ0n) is 13.9. The summed E-state index contributed by atoms with van der Waals surface area (Å²) in [4.78, 5) is 2.33. The molecule has 1 saturated carbocycles. The predicted molar refractivity (Wildman–Crippen MR) is 87.0 cm³/mol. The van der Waals surface area contributed by atoms with Crippen molar-refractivity contribution in [3.8, 4) is 5.75 Å². The molecule has 1 aromatic carbocycles. The molecule has 3 nitrogen and oxygen atoms in total. The van der Waals surface area contributed by atoms with E-state index in [0.29, 0.717) is 13.2 Å². The van der Waals surface area contributed by atoms with E-state index in [1.54, 1.807) is 0 Å². The normalized spacial score (nSPS) is 16.3. The van der Waals surface area contributed by atoms with Crippen molar-refractivity contribution < 1.29 is 9.84 Å². The minimum absolute atomic E-state index is 0.367. The number of benzene rings is 1. The molecule has 118 valence electrons. The number of hydrogen-bond acceptors (Lipinski definition) is 3. The van der Waals surface area contributed by atoms with E-state index in [9.17, 15) is 5.11 Å². The van der Waals surface area contributed by atoms with Crippen molar-refractivity contribution in [1.82, 2.24) is 4.90 Å². The highest BCUT2D eigenvalue weighted by Crippen LogP contribution is 2.29. The van der Waals surface area contributed by atoms with Crippen LogP contribution in [-0.2, 0) is 0 Å². The number of aliphatic hydroxyl groups excluding tert-OH is 1. The average Bonchev–Trinajstić information content (AvgIpc) is 3.26. The molecule has 1 aliphatic carbocycles. The van der Waals surface area contributed by atoms with Gasteiger partial charge in [0.25, 0.3) is 0 Å². The van der Waals surface area contributed by atoms with Crippen LogP contribution in [0.2, 0.25) is 0 Å². The third-order valence-electron chi connectivity index (χ3n) is 4.42. The number of likely N-dealkylation sites (N-methyl/N-ethyl adjacent to an activating group) is 1. The fourth-order valence-electron chi connectivity index (χ4n) is 2.68. The molecule has 0 saturated heterocycles. The van der Waals surface area contributed by atoms with E-state index < -0.39 is 6.10 Å². The number of hydrogen-bond donors (Lipinski definition) is 1. The van der Waals surface area contributed by atoms with Crippen LogP contribution in [-0.4, -0.2) is 42.4 Å². The monoisotopic (exact) mass is 291 g/mol. The maximum atomic E-state index is 10.2. The third-order valence-corrected chi connectivity index (χ3v) is 4.42. The number of aryl methyl sites for hydroxylation is 2. The van der Waals surface area contributed by atoms with E-state index >= 15 is 0 Å². The Morgan fingerprint density at radius 3 is 2.52 bits per heavy atom. The van der Waals surface area contributed by atoms with Gasteiger partial charge in [0.1, 0.15) is 18.5 Å². The quantitative estimate of drug-likeness (QED) is 0.799. The first-order chi connectivity index (χ1) is 10.0. The van der Waals surface area contributed by atoms with Gasteiger partial charge in [-0.2, -0.15) is 0 Å². The second-order valence-electron chi connectivity index (χ2n) is 6.41. The van der Waals surface area contributed by atoms with Gasteiger partial charge >= 0.3 is 0 Å². The second kappa shape index (κ2) is 7.28. The molecule has 0 heterocycles. The lowest BCUT2D eigenvalue weighted by Gasteiger charge is -2.24. The molecule has 1 fully saturated rings. The summed E-state index contributed by atoms with van der Waals surface area (Å²) in [5, 5.41) is 10.2. The number of ether oxygens (including phenoxy) is 1. The second-order valence-corrected chi connectivity index (χ2v) is 6.41. The lowest BCUT2D eigenvalue weighted by Crippen LogP contribution is -2.36. The summed E-state index contributed by atoms with van der Waals surface area (Å²) in [5.74, 6) is 1.79. The lowest BCUT2D eigenvalue weighted by molar-refractivity contribution is 0.0679. The number of aliphatic hydroxyl groups is 1. The molecular weight excluding hydrogens is 262 g/mol. The summed E-state index contributed by atoms with van der Waals surface area (Å²) in [7, 11) is 0. The highest BCUT2D eigenvalue weighted by Gasteiger charge is 2.24. The first kappa shape index (κ1) is 16.3. The Kier molecular flexibility index (Phi) is 5.65. The summed E-state index contributed by atoms with van der Waals surface area (Å²) in [6, 6.07) is 4.19. The van der Waals surface area contributed by atoms with Crippen LogP contribution in [0.1, 0.15) is 36.5 Å². The molecule has 0 aliphatic heterocycles. The largest absolute Gasteiger partial charge is 0.490 e. The molecule has 0 aromatic heterocycles. The Labute approximate surface area is 128 Å². The molecule has 1 aliphatic rings. The molecule has 3 heteroatoms. The molecule has 21 heavy (non-hydrogen) atoms. The summed E-state index contributed by atoms with van der Waals surface area (Å²) >= 11 is 0. The van der Waals surface area contributed by atoms with E-state index in [2.05, 4.69) is 44.7 Å². The zero-order valence-corrected chi connectivity index (χ0v) is 13.9. The van der Waals surface area contributed by atoms with E-state index in [1.165, 1.54) is 24.0 Å². The van der Waals surface area contributed by atoms with Crippen molar-refractivity contribution in [2.75, 3.05) is 26.2 Å². The van der Waals surface area contributed by atoms with Crippen LogP contribution in [0.3, 0.4) is 0 Å². The Morgan fingerprint density at radius 1 is 1.24 bits per heavy atom. The summed E-state index contributed by atoms with van der Waals surface area (Å²) < 4.78 is 5.90. The molecule has 0 radical (unpaired) electrons. The van der Waals surface area contributed by atoms with Gasteiger partial charge in [0.15, 0.2) is 0 Å². The Bertz CT molecular complexity index is 469. The van der Waals surface area contributed by atoms with E-state index in [0.717, 1.165) is 30.3 Å². The smallest absolute Gasteiger partial charge is 0.125 e. The maximum Gasteiger partial charge on any atom is 0.125 e. The van der Waals surface area contributed by atoms with Crippen molar-refractivity contribution in [3.63, 3.8) is 0 Å².